The number of hydrogen-bond acceptors (Lipinski definition) is 5. The van der Waals surface area contributed by atoms with Crippen LogP contribution >= 0.6 is 0 Å². The molecule has 0 radical (unpaired) electrons. The second-order valence-electron chi connectivity index (χ2n) is 8.84. The van der Waals surface area contributed by atoms with Gasteiger partial charge in [-0.1, -0.05) is 12.8 Å². The van der Waals surface area contributed by atoms with Crippen LogP contribution in [0.25, 0.3) is 0 Å². The highest BCUT2D eigenvalue weighted by Gasteiger charge is 2.42. The average Bonchev–Trinajstić information content (AvgIpc) is 3.47. The summed E-state index contributed by atoms with van der Waals surface area (Å²) < 4.78 is 10.9. The van der Waals surface area contributed by atoms with Crippen LogP contribution in [0.4, 0.5) is 0 Å². The maximum absolute atomic E-state index is 12.9. The van der Waals surface area contributed by atoms with Crippen LogP contribution in [0.15, 0.2) is 27.8 Å². The maximum Gasteiger partial charge on any atom is 0.230 e. The smallest absolute Gasteiger partial charge is 0.230 e. The Morgan fingerprint density at radius 2 is 1.94 bits per heavy atom. The van der Waals surface area contributed by atoms with Gasteiger partial charge in [0.2, 0.25) is 5.91 Å². The van der Waals surface area contributed by atoms with Gasteiger partial charge in [0, 0.05) is 46.7 Å². The van der Waals surface area contributed by atoms with E-state index in [9.17, 15) is 4.79 Å². The zero-order chi connectivity index (χ0) is 21.9. The number of aliphatic imine (C=N–C) groups is 1. The van der Waals surface area contributed by atoms with Crippen molar-refractivity contribution in [3.8, 4) is 0 Å². The number of carbonyl (C=O) groups excluding carboxylic acids is 1. The molecule has 1 amide bonds. The van der Waals surface area contributed by atoms with E-state index >= 15 is 0 Å². The molecular formula is C23H39N5O3. The molecule has 2 heterocycles. The second-order valence-corrected chi connectivity index (χ2v) is 8.84. The van der Waals surface area contributed by atoms with Crippen molar-refractivity contribution in [3.63, 3.8) is 0 Å². The van der Waals surface area contributed by atoms with E-state index in [1.807, 2.05) is 26.2 Å². The van der Waals surface area contributed by atoms with Crippen molar-refractivity contribution >= 4 is 11.9 Å². The highest BCUT2D eigenvalue weighted by Crippen LogP contribution is 2.39. The summed E-state index contributed by atoms with van der Waals surface area (Å²) in [5, 5.41) is 6.90. The molecule has 1 aliphatic carbocycles. The molecule has 1 saturated carbocycles. The van der Waals surface area contributed by atoms with E-state index in [1.54, 1.807) is 11.2 Å². The van der Waals surface area contributed by atoms with E-state index in [-0.39, 0.29) is 11.3 Å². The van der Waals surface area contributed by atoms with E-state index in [4.69, 9.17) is 14.1 Å². The number of nitrogens with zero attached hydrogens (tertiary/aromatic N) is 3. The minimum atomic E-state index is -0.354. The number of morpholine rings is 1. The van der Waals surface area contributed by atoms with Gasteiger partial charge < -0.3 is 24.7 Å². The number of rotatable bonds is 10. The lowest BCUT2D eigenvalue weighted by atomic mass is 9.85. The third-order valence-electron chi connectivity index (χ3n) is 6.25. The predicted molar refractivity (Wildman–Crippen MR) is 122 cm³/mol. The van der Waals surface area contributed by atoms with Crippen LogP contribution in [0.1, 0.15) is 37.9 Å². The Morgan fingerprint density at radius 1 is 1.19 bits per heavy atom. The van der Waals surface area contributed by atoms with Gasteiger partial charge in [-0.25, -0.2) is 0 Å². The number of nitrogens with one attached hydrogen (secondary N) is 2. The van der Waals surface area contributed by atoms with E-state index in [2.05, 4.69) is 15.5 Å². The molecule has 1 aromatic heterocycles. The Balaban J connectivity index is 1.54. The van der Waals surface area contributed by atoms with Gasteiger partial charge in [-0.15, -0.1) is 0 Å². The molecule has 8 heteroatoms. The second kappa shape index (κ2) is 12.1. The first-order valence-electron chi connectivity index (χ1n) is 11.7. The van der Waals surface area contributed by atoms with Gasteiger partial charge in [-0.2, -0.15) is 0 Å². The molecule has 0 bridgehead atoms. The van der Waals surface area contributed by atoms with Crippen molar-refractivity contribution in [1.29, 1.82) is 0 Å². The SMILES string of the molecule is CN(C)C(=O)C1(CN=C(NCCCN2CCOCC2)NCCc2ccco2)CCCC1. The summed E-state index contributed by atoms with van der Waals surface area (Å²) in [4.78, 5) is 21.9. The topological polar surface area (TPSA) is 82.3 Å². The first-order valence-corrected chi connectivity index (χ1v) is 11.7. The van der Waals surface area contributed by atoms with Gasteiger partial charge in [0.05, 0.1) is 31.4 Å². The molecule has 2 aliphatic rings. The van der Waals surface area contributed by atoms with E-state index in [0.29, 0.717) is 6.54 Å². The van der Waals surface area contributed by atoms with Gasteiger partial charge in [0.15, 0.2) is 5.96 Å². The Kier molecular flexibility index (Phi) is 9.21. The quantitative estimate of drug-likeness (QED) is 0.332. The lowest BCUT2D eigenvalue weighted by Gasteiger charge is -2.29. The Labute approximate surface area is 186 Å². The summed E-state index contributed by atoms with van der Waals surface area (Å²) >= 11 is 0. The third kappa shape index (κ3) is 7.25. The van der Waals surface area contributed by atoms with E-state index in [1.165, 1.54) is 0 Å². The van der Waals surface area contributed by atoms with Crippen LogP contribution in [-0.2, 0) is 16.0 Å². The number of amides is 1. The van der Waals surface area contributed by atoms with E-state index < -0.39 is 0 Å². The predicted octanol–water partition coefficient (Wildman–Crippen LogP) is 1.73. The van der Waals surface area contributed by atoms with Gasteiger partial charge in [0.1, 0.15) is 5.76 Å². The summed E-state index contributed by atoms with van der Waals surface area (Å²) in [5.74, 6) is 1.94. The van der Waals surface area contributed by atoms with Gasteiger partial charge in [0.25, 0.3) is 0 Å². The fourth-order valence-electron chi connectivity index (χ4n) is 4.46. The lowest BCUT2D eigenvalue weighted by molar-refractivity contribution is -0.138. The van der Waals surface area contributed by atoms with Gasteiger partial charge in [-0.05, 0) is 37.9 Å². The third-order valence-corrected chi connectivity index (χ3v) is 6.25. The normalized spacial score (nSPS) is 19.4. The first-order chi connectivity index (χ1) is 15.1. The Bertz CT molecular complexity index is 677. The molecule has 0 atom stereocenters. The van der Waals surface area contributed by atoms with Crippen LogP contribution < -0.4 is 10.6 Å². The highest BCUT2D eigenvalue weighted by molar-refractivity contribution is 5.84. The molecule has 174 valence electrons. The fourth-order valence-corrected chi connectivity index (χ4v) is 4.46. The number of hydrogen-bond donors (Lipinski definition) is 2. The standard InChI is InChI=1S/C23H39N5O3/c1-27(2)21(29)23(9-3-4-10-23)19-26-22(25-12-8-20-7-5-16-31-20)24-11-6-13-28-14-17-30-18-15-28/h5,7,16H,3-4,6,8-15,17-19H2,1-2H3,(H2,24,25,26). The summed E-state index contributed by atoms with van der Waals surface area (Å²) in [5.41, 5.74) is -0.354. The maximum atomic E-state index is 12.9. The minimum absolute atomic E-state index is 0.205. The van der Waals surface area contributed by atoms with Crippen molar-refractivity contribution in [2.45, 2.75) is 38.5 Å². The Hall–Kier alpha value is -2.06. The fraction of sp³-hybridized carbons (Fsp3) is 0.739. The highest BCUT2D eigenvalue weighted by atomic mass is 16.5. The number of carbonyl (C=O) groups is 1. The van der Waals surface area contributed by atoms with Crippen LogP contribution in [-0.4, -0.2) is 88.2 Å². The zero-order valence-electron chi connectivity index (χ0n) is 19.2. The van der Waals surface area contributed by atoms with Gasteiger partial charge >= 0.3 is 0 Å². The van der Waals surface area contributed by atoms with Crippen molar-refractivity contribution in [1.82, 2.24) is 20.4 Å². The molecule has 3 rings (SSSR count). The molecule has 8 nitrogen and oxygen atoms in total. The number of furan rings is 1. The summed E-state index contributed by atoms with van der Waals surface area (Å²) in [6.07, 6.45) is 7.58. The Morgan fingerprint density at radius 3 is 2.61 bits per heavy atom. The van der Waals surface area contributed by atoms with Crippen molar-refractivity contribution in [2.24, 2.45) is 10.4 Å². The summed E-state index contributed by atoms with van der Waals surface area (Å²) in [6, 6.07) is 3.89. The first kappa shape index (κ1) is 23.6. The molecule has 1 aliphatic heterocycles. The molecule has 1 saturated heterocycles. The van der Waals surface area contributed by atoms with Crippen LogP contribution in [0, 0.1) is 5.41 Å². The minimum Gasteiger partial charge on any atom is -0.469 e. The van der Waals surface area contributed by atoms with Crippen molar-refractivity contribution in [3.05, 3.63) is 24.2 Å². The lowest BCUT2D eigenvalue weighted by Crippen LogP contribution is -2.44. The molecule has 2 N–H and O–H groups in total. The van der Waals surface area contributed by atoms with Crippen LogP contribution in [0.3, 0.4) is 0 Å². The number of guanidine groups is 1. The molecule has 2 fully saturated rings. The molecular weight excluding hydrogens is 394 g/mol. The molecule has 0 spiro atoms. The zero-order valence-corrected chi connectivity index (χ0v) is 19.2. The summed E-state index contributed by atoms with van der Waals surface area (Å²) in [6.45, 7) is 6.85. The number of ether oxygens (including phenoxy) is 1. The van der Waals surface area contributed by atoms with E-state index in [0.717, 1.165) is 96.2 Å². The van der Waals surface area contributed by atoms with Gasteiger partial charge in [-0.3, -0.25) is 14.7 Å². The average molecular weight is 434 g/mol. The van der Waals surface area contributed by atoms with Crippen LogP contribution in [0.5, 0.6) is 0 Å². The monoisotopic (exact) mass is 433 g/mol. The molecule has 0 unspecified atom stereocenters. The summed E-state index contributed by atoms with van der Waals surface area (Å²) in [7, 11) is 3.69. The van der Waals surface area contributed by atoms with Crippen molar-refractivity contribution < 1.29 is 13.9 Å². The van der Waals surface area contributed by atoms with Crippen molar-refractivity contribution in [2.75, 3.05) is 66.6 Å². The molecule has 1 aromatic rings. The molecule has 31 heavy (non-hydrogen) atoms. The largest absolute Gasteiger partial charge is 0.469 e. The molecule has 0 aromatic carbocycles. The van der Waals surface area contributed by atoms with Crippen LogP contribution in [0.2, 0.25) is 0 Å².